The first kappa shape index (κ1) is 21.5. The fourth-order valence-corrected chi connectivity index (χ4v) is 4.73. The summed E-state index contributed by atoms with van der Waals surface area (Å²) in [5, 5.41) is 16.0. The fraction of sp³-hybridized carbons (Fsp3) is 0.458. The van der Waals surface area contributed by atoms with Gasteiger partial charge in [0.1, 0.15) is 12.7 Å². The maximum atomic E-state index is 13.0. The minimum atomic E-state index is -0.0158. The van der Waals surface area contributed by atoms with Crippen molar-refractivity contribution in [3.63, 3.8) is 0 Å². The maximum Gasteiger partial charge on any atom is 0.225 e. The van der Waals surface area contributed by atoms with Gasteiger partial charge in [-0.1, -0.05) is 30.3 Å². The summed E-state index contributed by atoms with van der Waals surface area (Å²) in [6.07, 6.45) is 6.96. The van der Waals surface area contributed by atoms with Crippen LogP contribution in [-0.2, 0) is 11.3 Å². The van der Waals surface area contributed by atoms with Gasteiger partial charge >= 0.3 is 0 Å². The molecule has 2 fully saturated rings. The third kappa shape index (κ3) is 5.36. The number of likely N-dealkylation sites (tertiary alicyclic amines) is 1. The van der Waals surface area contributed by atoms with E-state index in [0.29, 0.717) is 12.4 Å². The van der Waals surface area contributed by atoms with Crippen molar-refractivity contribution >= 4 is 11.7 Å². The number of hydrogen-bond donors (Lipinski definition) is 1. The second-order valence-corrected chi connectivity index (χ2v) is 8.92. The molecule has 3 aromatic rings. The summed E-state index contributed by atoms with van der Waals surface area (Å²) >= 11 is 0. The normalized spacial score (nSPS) is 20.0. The lowest BCUT2D eigenvalue weighted by Gasteiger charge is -2.35. The standard InChI is InChI=1S/C24H30N8O/c33-24(27-21-10-13-30(14-11-21)15-19-5-2-1-3-6-19)20-7-4-12-31(16-20)22-8-9-23(29-28-22)32-18-25-17-26-32/h1-3,5-6,8-9,17-18,20-21H,4,7,10-16H2,(H,27,33). The zero-order valence-electron chi connectivity index (χ0n) is 18.8. The van der Waals surface area contributed by atoms with Crippen LogP contribution in [0.2, 0.25) is 0 Å². The molecule has 9 nitrogen and oxygen atoms in total. The predicted octanol–water partition coefficient (Wildman–Crippen LogP) is 2.05. The fourth-order valence-electron chi connectivity index (χ4n) is 4.73. The summed E-state index contributed by atoms with van der Waals surface area (Å²) in [6.45, 7) is 4.58. The molecule has 0 aliphatic carbocycles. The third-order valence-corrected chi connectivity index (χ3v) is 6.59. The zero-order chi connectivity index (χ0) is 22.5. The van der Waals surface area contributed by atoms with Crippen molar-refractivity contribution in [2.24, 2.45) is 5.92 Å². The molecule has 1 unspecified atom stereocenters. The van der Waals surface area contributed by atoms with Crippen LogP contribution in [0.5, 0.6) is 0 Å². The van der Waals surface area contributed by atoms with E-state index in [9.17, 15) is 4.79 Å². The highest BCUT2D eigenvalue weighted by Crippen LogP contribution is 2.23. The lowest BCUT2D eigenvalue weighted by molar-refractivity contribution is -0.126. The maximum absolute atomic E-state index is 13.0. The average Bonchev–Trinajstić information content (AvgIpc) is 3.41. The smallest absolute Gasteiger partial charge is 0.225 e. The second kappa shape index (κ2) is 10.1. The topological polar surface area (TPSA) is 92.1 Å². The van der Waals surface area contributed by atoms with E-state index < -0.39 is 0 Å². The van der Waals surface area contributed by atoms with Gasteiger partial charge in [-0.25, -0.2) is 9.67 Å². The molecule has 2 aromatic heterocycles. The number of carbonyl (C=O) groups excluding carboxylic acids is 1. The quantitative estimate of drug-likeness (QED) is 0.620. The molecule has 4 heterocycles. The lowest BCUT2D eigenvalue weighted by atomic mass is 9.95. The summed E-state index contributed by atoms with van der Waals surface area (Å²) in [7, 11) is 0. The van der Waals surface area contributed by atoms with Gasteiger partial charge in [0.25, 0.3) is 0 Å². The van der Waals surface area contributed by atoms with Crippen LogP contribution in [0.4, 0.5) is 5.82 Å². The Morgan fingerprint density at radius 3 is 2.48 bits per heavy atom. The minimum absolute atomic E-state index is 0.0158. The number of nitrogens with one attached hydrogen (secondary N) is 1. The number of anilines is 1. The van der Waals surface area contributed by atoms with Crippen LogP contribution >= 0.6 is 0 Å². The first-order chi connectivity index (χ1) is 16.2. The SMILES string of the molecule is O=C(NC1CCN(Cc2ccccc2)CC1)C1CCCN(c2ccc(-n3cncn3)nn2)C1. The van der Waals surface area contributed by atoms with Crippen LogP contribution in [-0.4, -0.2) is 68.0 Å². The summed E-state index contributed by atoms with van der Waals surface area (Å²) in [4.78, 5) is 21.6. The number of rotatable bonds is 6. The monoisotopic (exact) mass is 446 g/mol. The molecule has 0 spiro atoms. The van der Waals surface area contributed by atoms with Crippen molar-refractivity contribution in [2.75, 3.05) is 31.1 Å². The Hall–Kier alpha value is -3.33. The molecular formula is C24H30N8O. The van der Waals surface area contributed by atoms with Gasteiger partial charge in [-0.15, -0.1) is 10.2 Å². The minimum Gasteiger partial charge on any atom is -0.354 e. The molecule has 0 saturated carbocycles. The highest BCUT2D eigenvalue weighted by atomic mass is 16.2. The number of amides is 1. The van der Waals surface area contributed by atoms with E-state index in [1.54, 1.807) is 11.0 Å². The van der Waals surface area contributed by atoms with Gasteiger partial charge < -0.3 is 10.2 Å². The number of piperidine rings is 2. The van der Waals surface area contributed by atoms with Crippen LogP contribution in [0.3, 0.4) is 0 Å². The van der Waals surface area contributed by atoms with E-state index in [2.05, 4.69) is 65.7 Å². The van der Waals surface area contributed by atoms with Crippen molar-refractivity contribution < 1.29 is 4.79 Å². The van der Waals surface area contributed by atoms with Gasteiger partial charge in [0.05, 0.1) is 5.92 Å². The second-order valence-electron chi connectivity index (χ2n) is 8.92. The summed E-state index contributed by atoms with van der Waals surface area (Å²) in [6, 6.07) is 14.7. The van der Waals surface area contributed by atoms with E-state index >= 15 is 0 Å². The first-order valence-corrected chi connectivity index (χ1v) is 11.7. The van der Waals surface area contributed by atoms with Crippen molar-refractivity contribution in [2.45, 2.75) is 38.3 Å². The van der Waals surface area contributed by atoms with Gasteiger partial charge in [-0.2, -0.15) is 5.10 Å². The van der Waals surface area contributed by atoms with Gasteiger partial charge in [0, 0.05) is 38.8 Å². The number of aromatic nitrogens is 5. The molecule has 172 valence electrons. The zero-order valence-corrected chi connectivity index (χ0v) is 18.8. The number of benzene rings is 1. The van der Waals surface area contributed by atoms with E-state index in [0.717, 1.165) is 57.7 Å². The number of nitrogens with zero attached hydrogens (tertiary/aromatic N) is 7. The van der Waals surface area contributed by atoms with Crippen LogP contribution < -0.4 is 10.2 Å². The molecule has 33 heavy (non-hydrogen) atoms. The van der Waals surface area contributed by atoms with Crippen molar-refractivity contribution in [3.8, 4) is 5.82 Å². The predicted molar refractivity (Wildman–Crippen MR) is 125 cm³/mol. The van der Waals surface area contributed by atoms with E-state index in [-0.39, 0.29) is 17.9 Å². The number of carbonyl (C=O) groups is 1. The van der Waals surface area contributed by atoms with E-state index in [4.69, 9.17) is 0 Å². The van der Waals surface area contributed by atoms with Crippen molar-refractivity contribution in [1.82, 2.24) is 35.2 Å². The molecule has 1 aromatic carbocycles. The Morgan fingerprint density at radius 2 is 1.76 bits per heavy atom. The van der Waals surface area contributed by atoms with Crippen LogP contribution in [0.25, 0.3) is 5.82 Å². The molecule has 1 atom stereocenters. The molecule has 1 N–H and O–H groups in total. The highest BCUT2D eigenvalue weighted by Gasteiger charge is 2.29. The third-order valence-electron chi connectivity index (χ3n) is 6.59. The van der Waals surface area contributed by atoms with Crippen LogP contribution in [0, 0.1) is 5.92 Å². The largest absolute Gasteiger partial charge is 0.354 e. The molecular weight excluding hydrogens is 416 g/mol. The first-order valence-electron chi connectivity index (χ1n) is 11.7. The van der Waals surface area contributed by atoms with Gasteiger partial charge in [-0.3, -0.25) is 9.69 Å². The molecule has 2 aliphatic rings. The van der Waals surface area contributed by atoms with Crippen molar-refractivity contribution in [3.05, 3.63) is 60.7 Å². The Bertz CT molecular complexity index is 1020. The Morgan fingerprint density at radius 1 is 0.970 bits per heavy atom. The van der Waals surface area contributed by atoms with Crippen LogP contribution in [0.15, 0.2) is 55.1 Å². The molecule has 9 heteroatoms. The van der Waals surface area contributed by atoms with Crippen molar-refractivity contribution in [1.29, 1.82) is 0 Å². The summed E-state index contributed by atoms with van der Waals surface area (Å²) in [5.74, 6) is 1.58. The molecule has 5 rings (SSSR count). The van der Waals surface area contributed by atoms with E-state index in [1.807, 2.05) is 12.1 Å². The highest BCUT2D eigenvalue weighted by molar-refractivity contribution is 5.79. The molecule has 1 amide bonds. The summed E-state index contributed by atoms with van der Waals surface area (Å²) < 4.78 is 1.58. The summed E-state index contributed by atoms with van der Waals surface area (Å²) in [5.41, 5.74) is 1.35. The number of hydrogen-bond acceptors (Lipinski definition) is 7. The lowest BCUT2D eigenvalue weighted by Crippen LogP contribution is -2.49. The Kier molecular flexibility index (Phi) is 6.57. The average molecular weight is 447 g/mol. The van der Waals surface area contributed by atoms with Gasteiger partial charge in [0.15, 0.2) is 11.6 Å². The van der Waals surface area contributed by atoms with Crippen LogP contribution in [0.1, 0.15) is 31.2 Å². The molecule has 0 radical (unpaired) electrons. The van der Waals surface area contributed by atoms with Gasteiger partial charge in [-0.05, 0) is 43.4 Å². The van der Waals surface area contributed by atoms with E-state index in [1.165, 1.54) is 11.9 Å². The van der Waals surface area contributed by atoms with Gasteiger partial charge in [0.2, 0.25) is 5.91 Å². The molecule has 2 saturated heterocycles. The molecule has 2 aliphatic heterocycles. The Labute approximate surface area is 193 Å². The Balaban J connectivity index is 1.11. The molecule has 0 bridgehead atoms.